The van der Waals surface area contributed by atoms with Gasteiger partial charge in [0, 0.05) is 12.6 Å². The Hall–Kier alpha value is -3.07. The van der Waals surface area contributed by atoms with Crippen molar-refractivity contribution in [2.45, 2.75) is 62.6 Å². The Morgan fingerprint density at radius 1 is 0.925 bits per heavy atom. The van der Waals surface area contributed by atoms with E-state index in [4.69, 9.17) is 23.2 Å². The largest absolute Gasteiger partial charge is 0.352 e. The number of benzene rings is 3. The predicted molar refractivity (Wildman–Crippen MR) is 159 cm³/mol. The van der Waals surface area contributed by atoms with Crippen molar-refractivity contribution in [1.82, 2.24) is 10.2 Å². The van der Waals surface area contributed by atoms with Crippen LogP contribution in [0.3, 0.4) is 0 Å². The molecule has 0 saturated heterocycles. The molecule has 10 heteroatoms. The third kappa shape index (κ3) is 7.16. The van der Waals surface area contributed by atoms with Gasteiger partial charge in [0.15, 0.2) is 0 Å². The van der Waals surface area contributed by atoms with Crippen LogP contribution in [0.5, 0.6) is 0 Å². The highest BCUT2D eigenvalue weighted by molar-refractivity contribution is 7.92. The number of halogens is 2. The van der Waals surface area contributed by atoms with Crippen molar-refractivity contribution in [2.75, 3.05) is 10.8 Å². The average molecular weight is 603 g/mol. The van der Waals surface area contributed by atoms with Gasteiger partial charge in [-0.1, -0.05) is 91.5 Å². The number of anilines is 1. The van der Waals surface area contributed by atoms with Gasteiger partial charge in [0.1, 0.15) is 12.6 Å². The lowest BCUT2D eigenvalue weighted by Crippen LogP contribution is -2.53. The Labute approximate surface area is 246 Å². The molecule has 0 spiro atoms. The fourth-order valence-electron chi connectivity index (χ4n) is 4.96. The molecule has 1 N–H and O–H groups in total. The summed E-state index contributed by atoms with van der Waals surface area (Å²) in [7, 11) is -4.17. The minimum Gasteiger partial charge on any atom is -0.352 e. The molecule has 7 nitrogen and oxygen atoms in total. The topological polar surface area (TPSA) is 86.8 Å². The first-order valence-electron chi connectivity index (χ1n) is 13.4. The first-order chi connectivity index (χ1) is 19.2. The number of hydrogen-bond donors (Lipinski definition) is 1. The Morgan fingerprint density at radius 2 is 1.55 bits per heavy atom. The monoisotopic (exact) mass is 601 g/mol. The van der Waals surface area contributed by atoms with Crippen molar-refractivity contribution >= 4 is 50.7 Å². The summed E-state index contributed by atoms with van der Waals surface area (Å²) in [5, 5.41) is 3.52. The zero-order valence-corrected chi connectivity index (χ0v) is 24.6. The van der Waals surface area contributed by atoms with E-state index in [-0.39, 0.29) is 39.1 Å². The summed E-state index contributed by atoms with van der Waals surface area (Å²) in [4.78, 5) is 29.0. The maximum Gasteiger partial charge on any atom is 0.264 e. The molecule has 0 unspecified atom stereocenters. The highest BCUT2D eigenvalue weighted by Gasteiger charge is 2.34. The van der Waals surface area contributed by atoms with Gasteiger partial charge in [0.25, 0.3) is 10.0 Å². The van der Waals surface area contributed by atoms with E-state index in [1.54, 1.807) is 18.2 Å². The Morgan fingerprint density at radius 3 is 2.15 bits per heavy atom. The summed E-state index contributed by atoms with van der Waals surface area (Å²) < 4.78 is 28.7. The number of sulfonamides is 1. The van der Waals surface area contributed by atoms with Crippen LogP contribution in [0.25, 0.3) is 0 Å². The molecule has 40 heavy (non-hydrogen) atoms. The van der Waals surface area contributed by atoms with E-state index in [0.29, 0.717) is 6.42 Å². The molecule has 0 aliphatic heterocycles. The molecule has 3 aromatic rings. The standard InChI is InChI=1S/C30H33Cl2N3O4S/c1-2-28(30(37)33-23-13-9-10-14-23)34(20-22-11-5-3-6-12-22)29(36)21-35(24-17-18-26(31)27(32)19-24)40(38,39)25-15-7-4-8-16-25/h3-8,11-12,15-19,23,28H,2,9-10,13-14,20-21H2,1H3,(H,33,37)/t28-/m0/s1. The molecule has 0 bridgehead atoms. The van der Waals surface area contributed by atoms with Crippen molar-refractivity contribution in [2.24, 2.45) is 0 Å². The lowest BCUT2D eigenvalue weighted by atomic mass is 10.1. The number of nitrogens with zero attached hydrogens (tertiary/aromatic N) is 2. The minimum atomic E-state index is -4.17. The van der Waals surface area contributed by atoms with Gasteiger partial charge in [-0.3, -0.25) is 13.9 Å². The second kappa shape index (κ2) is 13.5. The highest BCUT2D eigenvalue weighted by Crippen LogP contribution is 2.31. The average Bonchev–Trinajstić information content (AvgIpc) is 3.47. The molecule has 0 radical (unpaired) electrons. The van der Waals surface area contributed by atoms with Crippen LogP contribution >= 0.6 is 23.2 Å². The molecular weight excluding hydrogens is 569 g/mol. The lowest BCUT2D eigenvalue weighted by Gasteiger charge is -2.33. The van der Waals surface area contributed by atoms with E-state index in [1.165, 1.54) is 35.2 Å². The molecule has 1 aliphatic carbocycles. The SMILES string of the molecule is CC[C@@H](C(=O)NC1CCCC1)N(Cc1ccccc1)C(=O)CN(c1ccc(Cl)c(Cl)c1)S(=O)(=O)c1ccccc1. The quantitative estimate of drug-likeness (QED) is 0.289. The van der Waals surface area contributed by atoms with Crippen LogP contribution in [0.15, 0.2) is 83.8 Å². The number of carbonyl (C=O) groups excluding carboxylic acids is 2. The molecule has 0 aromatic heterocycles. The molecule has 4 rings (SSSR count). The number of hydrogen-bond acceptors (Lipinski definition) is 4. The van der Waals surface area contributed by atoms with Crippen molar-refractivity contribution in [1.29, 1.82) is 0 Å². The van der Waals surface area contributed by atoms with Crippen molar-refractivity contribution < 1.29 is 18.0 Å². The molecular formula is C30H33Cl2N3O4S. The lowest BCUT2D eigenvalue weighted by molar-refractivity contribution is -0.140. The molecule has 212 valence electrons. The van der Waals surface area contributed by atoms with Gasteiger partial charge in [-0.15, -0.1) is 0 Å². The molecule has 1 saturated carbocycles. The molecule has 1 aliphatic rings. The van der Waals surface area contributed by atoms with E-state index in [2.05, 4.69) is 5.32 Å². The Balaban J connectivity index is 1.71. The summed E-state index contributed by atoms with van der Waals surface area (Å²) >= 11 is 12.4. The van der Waals surface area contributed by atoms with Gasteiger partial charge in [-0.25, -0.2) is 8.42 Å². The third-order valence-corrected chi connectivity index (χ3v) is 9.61. The first-order valence-corrected chi connectivity index (χ1v) is 15.6. The van der Waals surface area contributed by atoms with Crippen molar-refractivity contribution in [3.8, 4) is 0 Å². The Bertz CT molecular complexity index is 1420. The molecule has 2 amide bonds. The second-order valence-corrected chi connectivity index (χ2v) is 12.5. The first kappa shape index (κ1) is 29.9. The smallest absolute Gasteiger partial charge is 0.264 e. The van der Waals surface area contributed by atoms with Crippen LogP contribution in [0.1, 0.15) is 44.6 Å². The summed E-state index contributed by atoms with van der Waals surface area (Å²) in [6, 6.07) is 20.9. The van der Waals surface area contributed by atoms with Gasteiger partial charge in [0.05, 0.1) is 20.6 Å². The van der Waals surface area contributed by atoms with Gasteiger partial charge in [-0.2, -0.15) is 0 Å². The van der Waals surface area contributed by atoms with Crippen LogP contribution in [0.2, 0.25) is 10.0 Å². The van der Waals surface area contributed by atoms with Gasteiger partial charge in [0.2, 0.25) is 11.8 Å². The van der Waals surface area contributed by atoms with Crippen LogP contribution in [-0.4, -0.2) is 43.8 Å². The number of amides is 2. The number of rotatable bonds is 11. The summed E-state index contributed by atoms with van der Waals surface area (Å²) in [6.07, 6.45) is 4.31. The van der Waals surface area contributed by atoms with E-state index in [0.717, 1.165) is 35.6 Å². The highest BCUT2D eigenvalue weighted by atomic mass is 35.5. The van der Waals surface area contributed by atoms with Crippen LogP contribution in [-0.2, 0) is 26.2 Å². The maximum absolute atomic E-state index is 14.1. The molecule has 3 aromatic carbocycles. The summed E-state index contributed by atoms with van der Waals surface area (Å²) in [6.45, 7) is 1.47. The Kier molecular flexibility index (Phi) is 10.1. The fraction of sp³-hybridized carbons (Fsp3) is 0.333. The summed E-state index contributed by atoms with van der Waals surface area (Å²) in [5.74, 6) is -0.742. The fourth-order valence-corrected chi connectivity index (χ4v) is 6.68. The maximum atomic E-state index is 14.1. The van der Waals surface area contributed by atoms with Gasteiger partial charge < -0.3 is 10.2 Å². The minimum absolute atomic E-state index is 0.0227. The van der Waals surface area contributed by atoms with Gasteiger partial charge >= 0.3 is 0 Å². The third-order valence-electron chi connectivity index (χ3n) is 7.08. The van der Waals surface area contributed by atoms with Crippen LogP contribution in [0, 0.1) is 0 Å². The zero-order chi connectivity index (χ0) is 28.7. The van der Waals surface area contributed by atoms with E-state index < -0.39 is 28.5 Å². The molecule has 1 atom stereocenters. The number of carbonyl (C=O) groups is 2. The van der Waals surface area contributed by atoms with Gasteiger partial charge in [-0.05, 0) is 55.2 Å². The predicted octanol–water partition coefficient (Wildman–Crippen LogP) is 6.05. The van der Waals surface area contributed by atoms with E-state index in [9.17, 15) is 18.0 Å². The van der Waals surface area contributed by atoms with Crippen LogP contribution < -0.4 is 9.62 Å². The molecule has 1 fully saturated rings. The van der Waals surface area contributed by atoms with Crippen molar-refractivity contribution in [3.05, 3.63) is 94.5 Å². The van der Waals surface area contributed by atoms with Crippen molar-refractivity contribution in [3.63, 3.8) is 0 Å². The summed E-state index contributed by atoms with van der Waals surface area (Å²) in [5.41, 5.74) is 1.02. The zero-order valence-electron chi connectivity index (χ0n) is 22.3. The number of nitrogens with one attached hydrogen (secondary N) is 1. The second-order valence-electron chi connectivity index (χ2n) is 9.84. The van der Waals surface area contributed by atoms with Crippen LogP contribution in [0.4, 0.5) is 5.69 Å². The molecule has 0 heterocycles. The normalized spacial score (nSPS) is 14.5. The van der Waals surface area contributed by atoms with E-state index in [1.807, 2.05) is 37.3 Å². The van der Waals surface area contributed by atoms with E-state index >= 15 is 0 Å².